The van der Waals surface area contributed by atoms with Gasteiger partial charge in [-0.15, -0.1) is 11.8 Å². The van der Waals surface area contributed by atoms with E-state index in [0.29, 0.717) is 17.0 Å². The molecule has 1 N–H and O–H groups in total. The Morgan fingerprint density at radius 1 is 1.21 bits per heavy atom. The molecule has 0 saturated carbocycles. The number of hydrogen-bond acceptors (Lipinski definition) is 4. The highest BCUT2D eigenvalue weighted by atomic mass is 79.9. The number of anilines is 1. The van der Waals surface area contributed by atoms with Crippen molar-refractivity contribution in [1.29, 1.82) is 0 Å². The van der Waals surface area contributed by atoms with Gasteiger partial charge in [-0.2, -0.15) is 0 Å². The topological polar surface area (TPSA) is 55.4 Å². The van der Waals surface area contributed by atoms with Crippen LogP contribution >= 0.6 is 27.7 Å². The highest BCUT2D eigenvalue weighted by Gasteiger charge is 2.10. The van der Waals surface area contributed by atoms with Gasteiger partial charge in [0, 0.05) is 15.9 Å². The first-order valence-electron chi connectivity index (χ1n) is 7.30. The molecule has 0 bridgehead atoms. The number of esters is 1. The first kappa shape index (κ1) is 18.5. The number of nitrogens with one attached hydrogen (secondary N) is 1. The fraction of sp³-hybridized carbons (Fsp3) is 0.222. The second-order valence-corrected chi connectivity index (χ2v) is 7.09. The van der Waals surface area contributed by atoms with Gasteiger partial charge in [-0.1, -0.05) is 34.1 Å². The number of ether oxygens (including phenoxy) is 1. The van der Waals surface area contributed by atoms with Crippen LogP contribution in [0.3, 0.4) is 0 Å². The quantitative estimate of drug-likeness (QED) is 0.720. The Morgan fingerprint density at radius 2 is 2.00 bits per heavy atom. The lowest BCUT2D eigenvalue weighted by Gasteiger charge is -2.10. The van der Waals surface area contributed by atoms with Crippen LogP contribution in [-0.2, 0) is 15.3 Å². The fourth-order valence-electron chi connectivity index (χ4n) is 2.08. The van der Waals surface area contributed by atoms with E-state index < -0.39 is 5.97 Å². The van der Waals surface area contributed by atoms with E-state index in [9.17, 15) is 9.59 Å². The van der Waals surface area contributed by atoms with E-state index in [4.69, 9.17) is 4.74 Å². The lowest BCUT2D eigenvalue weighted by atomic mass is 10.1. The number of carbonyl (C=O) groups excluding carboxylic acids is 2. The van der Waals surface area contributed by atoms with E-state index in [0.717, 1.165) is 21.4 Å². The molecule has 2 aromatic rings. The molecule has 2 rings (SSSR count). The minimum atomic E-state index is -0.422. The van der Waals surface area contributed by atoms with E-state index in [1.54, 1.807) is 18.2 Å². The molecule has 0 aliphatic rings. The first-order chi connectivity index (χ1) is 11.5. The van der Waals surface area contributed by atoms with E-state index in [-0.39, 0.29) is 5.91 Å². The average Bonchev–Trinajstić information content (AvgIpc) is 2.56. The molecule has 0 heterocycles. The van der Waals surface area contributed by atoms with Gasteiger partial charge in [0.2, 0.25) is 5.91 Å². The second kappa shape index (κ2) is 8.89. The molecule has 0 aliphatic carbocycles. The summed E-state index contributed by atoms with van der Waals surface area (Å²) >= 11 is 4.97. The summed E-state index contributed by atoms with van der Waals surface area (Å²) in [5, 5.41) is 2.85. The van der Waals surface area contributed by atoms with Crippen LogP contribution < -0.4 is 5.32 Å². The molecular weight excluding hydrogens is 390 g/mol. The number of amides is 1. The number of aryl methyl sites for hydroxylation is 1. The van der Waals surface area contributed by atoms with Crippen molar-refractivity contribution in [1.82, 2.24) is 0 Å². The van der Waals surface area contributed by atoms with Crippen LogP contribution in [0.4, 0.5) is 5.69 Å². The molecule has 0 radical (unpaired) electrons. The van der Waals surface area contributed by atoms with Gasteiger partial charge in [-0.3, -0.25) is 4.79 Å². The molecule has 0 unspecified atom stereocenters. The number of rotatable bonds is 6. The molecule has 0 atom stereocenters. The van der Waals surface area contributed by atoms with E-state index in [2.05, 4.69) is 21.2 Å². The molecule has 4 nitrogen and oxygen atoms in total. The fourth-order valence-corrected chi connectivity index (χ4v) is 3.30. The largest absolute Gasteiger partial charge is 0.465 e. The Labute approximate surface area is 154 Å². The van der Waals surface area contributed by atoms with Gasteiger partial charge < -0.3 is 10.1 Å². The van der Waals surface area contributed by atoms with E-state index in [1.165, 1.54) is 18.9 Å². The van der Waals surface area contributed by atoms with E-state index >= 15 is 0 Å². The van der Waals surface area contributed by atoms with Crippen LogP contribution in [0, 0.1) is 6.92 Å². The maximum absolute atomic E-state index is 12.1. The zero-order valence-corrected chi connectivity index (χ0v) is 15.9. The summed E-state index contributed by atoms with van der Waals surface area (Å²) in [4.78, 5) is 23.7. The minimum absolute atomic E-state index is 0.0971. The first-order valence-corrected chi connectivity index (χ1v) is 9.25. The van der Waals surface area contributed by atoms with Gasteiger partial charge in [-0.25, -0.2) is 4.79 Å². The number of benzene rings is 2. The maximum atomic E-state index is 12.1. The Hall–Kier alpha value is -1.79. The van der Waals surface area contributed by atoms with Crippen LogP contribution in [0.15, 0.2) is 46.9 Å². The van der Waals surface area contributed by atoms with Gasteiger partial charge in [0.05, 0.1) is 18.4 Å². The summed E-state index contributed by atoms with van der Waals surface area (Å²) in [5.41, 5.74) is 3.10. The predicted molar refractivity (Wildman–Crippen MR) is 101 cm³/mol. The summed E-state index contributed by atoms with van der Waals surface area (Å²) in [5.74, 6) is 0.581. The third-order valence-electron chi connectivity index (χ3n) is 3.32. The van der Waals surface area contributed by atoms with Crippen LogP contribution in [0.1, 0.15) is 21.5 Å². The predicted octanol–water partition coefficient (Wildman–Crippen LogP) is 4.42. The van der Waals surface area contributed by atoms with Crippen LogP contribution in [-0.4, -0.2) is 24.7 Å². The lowest BCUT2D eigenvalue weighted by molar-refractivity contribution is -0.113. The number of carbonyl (C=O) groups is 2. The molecule has 0 saturated heterocycles. The summed E-state index contributed by atoms with van der Waals surface area (Å²) < 4.78 is 5.73. The van der Waals surface area contributed by atoms with Crippen molar-refractivity contribution in [2.24, 2.45) is 0 Å². The number of hydrogen-bond donors (Lipinski definition) is 1. The number of methoxy groups -OCH3 is 1. The van der Waals surface area contributed by atoms with Gasteiger partial charge in [0.25, 0.3) is 0 Å². The minimum Gasteiger partial charge on any atom is -0.465 e. The van der Waals surface area contributed by atoms with Crippen molar-refractivity contribution in [3.63, 3.8) is 0 Å². The SMILES string of the molecule is COC(=O)c1ccc(C)c(NC(=O)CSCc2cccc(Br)c2)c1. The van der Waals surface area contributed by atoms with Crippen LogP contribution in [0.2, 0.25) is 0 Å². The average molecular weight is 408 g/mol. The molecule has 126 valence electrons. The summed E-state index contributed by atoms with van der Waals surface area (Å²) in [7, 11) is 1.33. The van der Waals surface area contributed by atoms with Gasteiger partial charge in [0.15, 0.2) is 0 Å². The Balaban J connectivity index is 1.91. The smallest absolute Gasteiger partial charge is 0.337 e. The van der Waals surface area contributed by atoms with Crippen LogP contribution in [0.5, 0.6) is 0 Å². The summed E-state index contributed by atoms with van der Waals surface area (Å²) in [6, 6.07) is 13.1. The molecule has 0 spiro atoms. The lowest BCUT2D eigenvalue weighted by Crippen LogP contribution is -2.15. The molecular formula is C18H18BrNO3S. The van der Waals surface area contributed by atoms with Crippen molar-refractivity contribution in [2.45, 2.75) is 12.7 Å². The maximum Gasteiger partial charge on any atom is 0.337 e. The van der Waals surface area contributed by atoms with Gasteiger partial charge in [0.1, 0.15) is 0 Å². The molecule has 24 heavy (non-hydrogen) atoms. The molecule has 1 amide bonds. The van der Waals surface area contributed by atoms with Crippen molar-refractivity contribution >= 4 is 45.3 Å². The zero-order chi connectivity index (χ0) is 17.5. The summed E-state index contributed by atoms with van der Waals surface area (Å²) in [6.07, 6.45) is 0. The van der Waals surface area contributed by atoms with Crippen molar-refractivity contribution < 1.29 is 14.3 Å². The highest BCUT2D eigenvalue weighted by molar-refractivity contribution is 9.10. The highest BCUT2D eigenvalue weighted by Crippen LogP contribution is 2.20. The number of halogens is 1. The van der Waals surface area contributed by atoms with E-state index in [1.807, 2.05) is 31.2 Å². The molecule has 2 aromatic carbocycles. The Kier molecular flexibility index (Phi) is 6.87. The third kappa shape index (κ3) is 5.39. The normalized spacial score (nSPS) is 10.3. The van der Waals surface area contributed by atoms with Crippen molar-refractivity contribution in [3.8, 4) is 0 Å². The van der Waals surface area contributed by atoms with Crippen molar-refractivity contribution in [2.75, 3.05) is 18.2 Å². The third-order valence-corrected chi connectivity index (χ3v) is 4.82. The zero-order valence-electron chi connectivity index (χ0n) is 13.5. The van der Waals surface area contributed by atoms with Gasteiger partial charge in [-0.05, 0) is 42.3 Å². The monoisotopic (exact) mass is 407 g/mol. The molecule has 6 heteroatoms. The molecule has 0 aromatic heterocycles. The van der Waals surface area contributed by atoms with Crippen LogP contribution in [0.25, 0.3) is 0 Å². The molecule has 0 aliphatic heterocycles. The molecule has 0 fully saturated rings. The van der Waals surface area contributed by atoms with Gasteiger partial charge >= 0.3 is 5.97 Å². The standard InChI is InChI=1S/C18H18BrNO3S/c1-12-6-7-14(18(22)23-2)9-16(12)20-17(21)11-24-10-13-4-3-5-15(19)8-13/h3-9H,10-11H2,1-2H3,(H,20,21). The Bertz CT molecular complexity index is 749. The summed E-state index contributed by atoms with van der Waals surface area (Å²) in [6.45, 7) is 1.88. The van der Waals surface area contributed by atoms with Crippen molar-refractivity contribution in [3.05, 3.63) is 63.6 Å². The Morgan fingerprint density at radius 3 is 2.71 bits per heavy atom. The second-order valence-electron chi connectivity index (χ2n) is 5.19. The number of thioether (sulfide) groups is 1.